The first kappa shape index (κ1) is 22.0. The summed E-state index contributed by atoms with van der Waals surface area (Å²) in [6.45, 7) is 24.0. The lowest BCUT2D eigenvalue weighted by Crippen LogP contribution is -2.29. The van der Waals surface area contributed by atoms with Gasteiger partial charge in [0, 0.05) is 0 Å². The van der Waals surface area contributed by atoms with Crippen LogP contribution < -0.4 is 0 Å². The summed E-state index contributed by atoms with van der Waals surface area (Å²) in [6.07, 6.45) is 8.71. The van der Waals surface area contributed by atoms with Crippen LogP contribution in [0.4, 0.5) is 0 Å². The molecule has 0 nitrogen and oxygen atoms in total. The van der Waals surface area contributed by atoms with Crippen molar-refractivity contribution < 1.29 is 0 Å². The molecule has 0 saturated heterocycles. The summed E-state index contributed by atoms with van der Waals surface area (Å²) < 4.78 is 0. The predicted molar refractivity (Wildman–Crippen MR) is 110 cm³/mol. The van der Waals surface area contributed by atoms with Crippen LogP contribution >= 0.6 is 0 Å². The van der Waals surface area contributed by atoms with E-state index in [9.17, 15) is 0 Å². The molecule has 0 aromatic carbocycles. The van der Waals surface area contributed by atoms with E-state index in [1.165, 1.54) is 38.5 Å². The maximum absolute atomic E-state index is 2.41. The molecule has 2 rings (SSSR count). The van der Waals surface area contributed by atoms with Crippen molar-refractivity contribution >= 4 is 0 Å². The Bertz CT molecular complexity index is 297. The van der Waals surface area contributed by atoms with Crippen molar-refractivity contribution in [3.8, 4) is 0 Å². The third-order valence-electron chi connectivity index (χ3n) is 6.81. The highest BCUT2D eigenvalue weighted by atomic mass is 14.4. The average molecular weight is 337 g/mol. The fraction of sp³-hybridized carbons (Fsp3) is 1.00. The van der Waals surface area contributed by atoms with Crippen LogP contribution in [0.2, 0.25) is 0 Å². The second-order valence-corrected chi connectivity index (χ2v) is 12.0. The van der Waals surface area contributed by atoms with E-state index in [1.807, 2.05) is 0 Å². The van der Waals surface area contributed by atoms with Crippen molar-refractivity contribution in [3.63, 3.8) is 0 Å². The Hall–Kier alpha value is 0. The fourth-order valence-electron chi connectivity index (χ4n) is 5.31. The van der Waals surface area contributed by atoms with E-state index in [2.05, 4.69) is 69.2 Å². The van der Waals surface area contributed by atoms with Crippen molar-refractivity contribution in [1.29, 1.82) is 0 Å². The van der Waals surface area contributed by atoms with Gasteiger partial charge in [-0.15, -0.1) is 0 Å². The predicted octanol–water partition coefficient (Wildman–Crippen LogP) is 8.21. The molecule has 0 N–H and O–H groups in total. The molecule has 0 heterocycles. The molecule has 2 fully saturated rings. The molecule has 1 unspecified atom stereocenters. The fourth-order valence-corrected chi connectivity index (χ4v) is 5.31. The molecule has 144 valence electrons. The van der Waals surface area contributed by atoms with Crippen molar-refractivity contribution in [2.45, 2.75) is 108 Å². The van der Waals surface area contributed by atoms with Crippen LogP contribution in [0.5, 0.6) is 0 Å². The third kappa shape index (κ3) is 7.49. The van der Waals surface area contributed by atoms with Gasteiger partial charge < -0.3 is 0 Å². The summed E-state index contributed by atoms with van der Waals surface area (Å²) in [6, 6.07) is 0. The van der Waals surface area contributed by atoms with Crippen molar-refractivity contribution in [2.24, 2.45) is 46.3 Å². The zero-order valence-corrected chi connectivity index (χ0v) is 18.7. The molecule has 24 heavy (non-hydrogen) atoms. The molecule has 0 bridgehead atoms. The molecule has 0 amide bonds. The zero-order chi connectivity index (χ0) is 18.7. The molecule has 0 aromatic rings. The van der Waals surface area contributed by atoms with Crippen LogP contribution in [0.15, 0.2) is 0 Å². The standard InChI is InChI=1S/2C12H24/c2*1-9-6-10(2)8-11(7-9)12(3,4)5/h2*9-11H,6-8H2,1-5H3/t9-,10+,11?;9-,10-/m.0/s1. The van der Waals surface area contributed by atoms with Crippen molar-refractivity contribution in [3.05, 3.63) is 0 Å². The van der Waals surface area contributed by atoms with Gasteiger partial charge in [0.1, 0.15) is 0 Å². The maximum Gasteiger partial charge on any atom is -0.0354 e. The normalized spacial score (nSPS) is 38.2. The molecule has 0 radical (unpaired) electrons. The second-order valence-electron chi connectivity index (χ2n) is 12.0. The summed E-state index contributed by atoms with van der Waals surface area (Å²) in [4.78, 5) is 0. The SMILES string of the molecule is C[C@@H]1CC(C(C)(C)C)C[C@@H](C)C1.C[C@@H]1CC(C(C)(C)C)C[C@H](C)C1. The van der Waals surface area contributed by atoms with Crippen LogP contribution in [-0.2, 0) is 0 Å². The molecule has 0 aromatic heterocycles. The van der Waals surface area contributed by atoms with Crippen molar-refractivity contribution in [1.82, 2.24) is 0 Å². The highest BCUT2D eigenvalue weighted by molar-refractivity contribution is 4.83. The Morgan fingerprint density at radius 1 is 0.417 bits per heavy atom. The summed E-state index contributed by atoms with van der Waals surface area (Å²) in [5, 5.41) is 0. The van der Waals surface area contributed by atoms with E-state index in [0.29, 0.717) is 10.8 Å². The quantitative estimate of drug-likeness (QED) is 0.418. The van der Waals surface area contributed by atoms with Gasteiger partial charge in [0.2, 0.25) is 0 Å². The van der Waals surface area contributed by atoms with Gasteiger partial charge in [-0.25, -0.2) is 0 Å². The van der Waals surface area contributed by atoms with Gasteiger partial charge in [-0.1, -0.05) is 69.2 Å². The Kier molecular flexibility index (Phi) is 7.89. The van der Waals surface area contributed by atoms with E-state index < -0.39 is 0 Å². The van der Waals surface area contributed by atoms with E-state index >= 15 is 0 Å². The van der Waals surface area contributed by atoms with Crippen LogP contribution in [0.25, 0.3) is 0 Å². The first-order valence-corrected chi connectivity index (χ1v) is 10.8. The molecule has 0 aliphatic heterocycles. The van der Waals surface area contributed by atoms with Gasteiger partial charge >= 0.3 is 0 Å². The highest BCUT2D eigenvalue weighted by Gasteiger charge is 2.32. The Balaban J connectivity index is 0.000000240. The minimum Gasteiger partial charge on any atom is -0.0625 e. The van der Waals surface area contributed by atoms with Gasteiger partial charge in [0.05, 0.1) is 0 Å². The van der Waals surface area contributed by atoms with E-state index in [4.69, 9.17) is 0 Å². The largest absolute Gasteiger partial charge is 0.0625 e. The van der Waals surface area contributed by atoms with Crippen LogP contribution in [-0.4, -0.2) is 0 Å². The summed E-state index contributed by atoms with van der Waals surface area (Å²) in [5.74, 6) is 5.74. The first-order chi connectivity index (χ1) is 10.8. The number of hydrogen-bond acceptors (Lipinski definition) is 0. The molecular formula is C24H48. The maximum atomic E-state index is 2.41. The van der Waals surface area contributed by atoms with Crippen LogP contribution in [0.3, 0.4) is 0 Å². The smallest absolute Gasteiger partial charge is 0.0354 e. The zero-order valence-electron chi connectivity index (χ0n) is 18.7. The molecule has 2 aliphatic rings. The molecule has 2 aliphatic carbocycles. The van der Waals surface area contributed by atoms with E-state index in [0.717, 1.165) is 35.5 Å². The third-order valence-corrected chi connectivity index (χ3v) is 6.81. The summed E-state index contributed by atoms with van der Waals surface area (Å²) in [5.41, 5.74) is 1.06. The summed E-state index contributed by atoms with van der Waals surface area (Å²) in [7, 11) is 0. The van der Waals surface area contributed by atoms with E-state index in [1.54, 1.807) is 0 Å². The van der Waals surface area contributed by atoms with Crippen LogP contribution in [0.1, 0.15) is 108 Å². The Labute approximate surface area is 154 Å². The van der Waals surface area contributed by atoms with Gasteiger partial charge in [-0.2, -0.15) is 0 Å². The molecule has 0 spiro atoms. The summed E-state index contributed by atoms with van der Waals surface area (Å²) >= 11 is 0. The topological polar surface area (TPSA) is 0 Å². The average Bonchev–Trinajstić information content (AvgIpc) is 2.35. The first-order valence-electron chi connectivity index (χ1n) is 10.8. The molecule has 5 atom stereocenters. The van der Waals surface area contributed by atoms with Gasteiger partial charge in [-0.3, -0.25) is 0 Å². The molecule has 0 heteroatoms. The minimum absolute atomic E-state index is 0.531. The lowest BCUT2D eigenvalue weighted by atomic mass is 9.66. The number of hydrogen-bond donors (Lipinski definition) is 0. The minimum atomic E-state index is 0.531. The second kappa shape index (κ2) is 8.59. The highest BCUT2D eigenvalue weighted by Crippen LogP contribution is 2.43. The lowest BCUT2D eigenvalue weighted by Gasteiger charge is -2.39. The van der Waals surface area contributed by atoms with Crippen LogP contribution in [0, 0.1) is 46.3 Å². The van der Waals surface area contributed by atoms with Gasteiger partial charge in [0.25, 0.3) is 0 Å². The molecule has 2 saturated carbocycles. The van der Waals surface area contributed by atoms with Crippen molar-refractivity contribution in [2.75, 3.05) is 0 Å². The Morgan fingerprint density at radius 3 is 0.792 bits per heavy atom. The molecular weight excluding hydrogens is 288 g/mol. The van der Waals surface area contributed by atoms with E-state index in [-0.39, 0.29) is 0 Å². The van der Waals surface area contributed by atoms with Gasteiger partial charge in [0.15, 0.2) is 0 Å². The van der Waals surface area contributed by atoms with Gasteiger partial charge in [-0.05, 0) is 84.9 Å². The Morgan fingerprint density at radius 2 is 0.625 bits per heavy atom. The lowest BCUT2D eigenvalue weighted by molar-refractivity contribution is 0.115. The monoisotopic (exact) mass is 336 g/mol. The number of rotatable bonds is 0.